The molecule has 0 spiro atoms. The second-order valence-electron chi connectivity index (χ2n) is 8.78. The fraction of sp³-hybridized carbons (Fsp3) is 0.500. The van der Waals surface area contributed by atoms with Gasteiger partial charge in [0.1, 0.15) is 5.75 Å². The van der Waals surface area contributed by atoms with Crippen molar-refractivity contribution in [2.24, 2.45) is 5.92 Å². The van der Waals surface area contributed by atoms with E-state index in [1.54, 1.807) is 24.3 Å². The van der Waals surface area contributed by atoms with Crippen LogP contribution in [0.4, 0.5) is 0 Å². The number of fused-ring (bicyclic) bond motifs is 1. The highest BCUT2D eigenvalue weighted by atomic mass is 35.5. The SMILES string of the molecule is C[C@@H]1C[C@H](COc2ccc(S(=O)(=O)CCO)cc2)CN1C1CCc2ccc(Cl)cc2C1. The topological polar surface area (TPSA) is 66.8 Å². The minimum atomic E-state index is -3.43. The van der Waals surface area contributed by atoms with Crippen LogP contribution < -0.4 is 4.74 Å². The third kappa shape index (κ3) is 5.25. The first kappa shape index (κ1) is 22.6. The van der Waals surface area contributed by atoms with Crippen molar-refractivity contribution in [2.45, 2.75) is 49.6 Å². The molecule has 1 N–H and O–H groups in total. The monoisotopic (exact) mass is 463 g/mol. The van der Waals surface area contributed by atoms with Crippen molar-refractivity contribution in [1.29, 1.82) is 0 Å². The van der Waals surface area contributed by atoms with Crippen molar-refractivity contribution in [3.05, 3.63) is 58.6 Å². The quantitative estimate of drug-likeness (QED) is 0.677. The Kier molecular flexibility index (Phi) is 6.92. The number of sulfone groups is 1. The molecule has 31 heavy (non-hydrogen) atoms. The molecule has 1 unspecified atom stereocenters. The molecule has 1 fully saturated rings. The molecular weight excluding hydrogens is 434 g/mol. The minimum absolute atomic E-state index is 0.215. The van der Waals surface area contributed by atoms with Gasteiger partial charge >= 0.3 is 0 Å². The van der Waals surface area contributed by atoms with E-state index < -0.39 is 9.84 Å². The molecular formula is C24H30ClNO4S. The van der Waals surface area contributed by atoms with Gasteiger partial charge in [-0.05, 0) is 80.1 Å². The lowest BCUT2D eigenvalue weighted by Gasteiger charge is -2.35. The molecule has 0 saturated carbocycles. The van der Waals surface area contributed by atoms with Crippen molar-refractivity contribution < 1.29 is 18.3 Å². The van der Waals surface area contributed by atoms with Crippen LogP contribution in [0.1, 0.15) is 30.9 Å². The second kappa shape index (κ2) is 9.49. The van der Waals surface area contributed by atoms with E-state index >= 15 is 0 Å². The molecule has 0 radical (unpaired) electrons. The number of hydrogen-bond acceptors (Lipinski definition) is 5. The van der Waals surface area contributed by atoms with Crippen molar-refractivity contribution >= 4 is 21.4 Å². The number of benzene rings is 2. The highest BCUT2D eigenvalue weighted by molar-refractivity contribution is 7.91. The number of aryl methyl sites for hydroxylation is 1. The zero-order chi connectivity index (χ0) is 22.0. The third-order valence-corrected chi connectivity index (χ3v) is 8.52. The van der Waals surface area contributed by atoms with Gasteiger partial charge in [-0.1, -0.05) is 17.7 Å². The average Bonchev–Trinajstić information content (AvgIpc) is 3.12. The Morgan fingerprint density at radius 1 is 1.16 bits per heavy atom. The number of aliphatic hydroxyl groups excluding tert-OH is 1. The predicted octanol–water partition coefficient (Wildman–Crippen LogP) is 3.75. The van der Waals surface area contributed by atoms with Gasteiger partial charge in [0.25, 0.3) is 0 Å². The summed E-state index contributed by atoms with van der Waals surface area (Å²) in [6.07, 6.45) is 4.43. The molecule has 4 rings (SSSR count). The maximum Gasteiger partial charge on any atom is 0.180 e. The molecule has 0 bridgehead atoms. The summed E-state index contributed by atoms with van der Waals surface area (Å²) in [7, 11) is -3.43. The summed E-state index contributed by atoms with van der Waals surface area (Å²) in [6, 6.07) is 13.8. The highest BCUT2D eigenvalue weighted by Crippen LogP contribution is 2.33. The smallest absolute Gasteiger partial charge is 0.180 e. The molecule has 3 atom stereocenters. The average molecular weight is 464 g/mol. The number of hydrogen-bond donors (Lipinski definition) is 1. The lowest BCUT2D eigenvalue weighted by atomic mass is 9.87. The lowest BCUT2D eigenvalue weighted by molar-refractivity contribution is 0.164. The van der Waals surface area contributed by atoms with Crippen LogP contribution in [0.25, 0.3) is 0 Å². The molecule has 0 amide bonds. The standard InChI is InChI=1S/C24H30ClNO4S/c1-17-12-18(16-30-23-6-8-24(9-7-23)31(28,29)11-10-27)15-26(17)22-5-3-19-2-4-21(25)13-20(19)14-22/h2,4,6-9,13,17-18,22,27H,3,5,10-12,14-16H2,1H3/t17-,18+,22?/m1/s1. The number of aliphatic hydroxyl groups is 1. The summed E-state index contributed by atoms with van der Waals surface area (Å²) in [5.74, 6) is 0.866. The van der Waals surface area contributed by atoms with Crippen LogP contribution >= 0.6 is 11.6 Å². The molecule has 2 aliphatic rings. The van der Waals surface area contributed by atoms with E-state index in [-0.39, 0.29) is 17.3 Å². The van der Waals surface area contributed by atoms with Gasteiger partial charge < -0.3 is 9.84 Å². The van der Waals surface area contributed by atoms with Gasteiger partial charge in [0.15, 0.2) is 9.84 Å². The van der Waals surface area contributed by atoms with Gasteiger partial charge in [-0.2, -0.15) is 0 Å². The summed E-state index contributed by atoms with van der Waals surface area (Å²) in [4.78, 5) is 2.84. The van der Waals surface area contributed by atoms with Crippen molar-refractivity contribution in [2.75, 3.05) is 25.5 Å². The van der Waals surface area contributed by atoms with E-state index in [0.29, 0.717) is 30.4 Å². The van der Waals surface area contributed by atoms with Crippen LogP contribution in [-0.4, -0.2) is 56.0 Å². The second-order valence-corrected chi connectivity index (χ2v) is 11.3. The largest absolute Gasteiger partial charge is 0.493 e. The minimum Gasteiger partial charge on any atom is -0.493 e. The van der Waals surface area contributed by atoms with Crippen LogP contribution in [0.15, 0.2) is 47.4 Å². The Morgan fingerprint density at radius 3 is 2.68 bits per heavy atom. The van der Waals surface area contributed by atoms with Crippen LogP contribution in [0.2, 0.25) is 5.02 Å². The Bertz CT molecular complexity index is 1010. The molecule has 0 aromatic heterocycles. The van der Waals surface area contributed by atoms with Crippen LogP contribution in [0, 0.1) is 5.92 Å². The Balaban J connectivity index is 1.32. The zero-order valence-corrected chi connectivity index (χ0v) is 19.4. The summed E-state index contributed by atoms with van der Waals surface area (Å²) >= 11 is 6.21. The predicted molar refractivity (Wildman–Crippen MR) is 123 cm³/mol. The normalized spacial score (nSPS) is 24.2. The van der Waals surface area contributed by atoms with E-state index in [1.807, 2.05) is 6.07 Å². The fourth-order valence-electron chi connectivity index (χ4n) is 4.98. The van der Waals surface area contributed by atoms with Gasteiger partial charge in [0, 0.05) is 29.6 Å². The zero-order valence-electron chi connectivity index (χ0n) is 17.8. The molecule has 1 saturated heterocycles. The molecule has 2 aromatic carbocycles. The lowest BCUT2D eigenvalue weighted by Crippen LogP contribution is -2.41. The molecule has 5 nitrogen and oxygen atoms in total. The Hall–Kier alpha value is -1.60. The summed E-state index contributed by atoms with van der Waals surface area (Å²) in [5.41, 5.74) is 2.81. The van der Waals surface area contributed by atoms with Gasteiger partial charge in [-0.15, -0.1) is 0 Å². The number of likely N-dealkylation sites (tertiary alicyclic amines) is 1. The van der Waals surface area contributed by atoms with Crippen LogP contribution in [-0.2, 0) is 22.7 Å². The first-order valence-electron chi connectivity index (χ1n) is 11.0. The third-order valence-electron chi connectivity index (χ3n) is 6.58. The molecule has 2 aromatic rings. The first-order valence-corrected chi connectivity index (χ1v) is 13.0. The van der Waals surface area contributed by atoms with E-state index in [2.05, 4.69) is 24.0 Å². The molecule has 168 valence electrons. The van der Waals surface area contributed by atoms with Crippen molar-refractivity contribution in [1.82, 2.24) is 4.90 Å². The number of rotatable bonds is 7. The van der Waals surface area contributed by atoms with E-state index in [9.17, 15) is 8.42 Å². The number of nitrogens with zero attached hydrogens (tertiary/aromatic N) is 1. The maximum atomic E-state index is 12.0. The van der Waals surface area contributed by atoms with Crippen LogP contribution in [0.5, 0.6) is 5.75 Å². The van der Waals surface area contributed by atoms with E-state index in [4.69, 9.17) is 21.4 Å². The summed E-state index contributed by atoms with van der Waals surface area (Å²) in [5, 5.41) is 9.72. The number of halogens is 1. The molecule has 1 aliphatic carbocycles. The highest BCUT2D eigenvalue weighted by Gasteiger charge is 2.35. The first-order chi connectivity index (χ1) is 14.9. The van der Waals surface area contributed by atoms with Gasteiger partial charge in [-0.25, -0.2) is 8.42 Å². The Labute approximate surface area is 189 Å². The molecule has 1 heterocycles. The summed E-state index contributed by atoms with van der Waals surface area (Å²) in [6.45, 7) is 3.56. The molecule has 1 aliphatic heterocycles. The van der Waals surface area contributed by atoms with E-state index in [1.165, 1.54) is 17.5 Å². The van der Waals surface area contributed by atoms with Crippen molar-refractivity contribution in [3.8, 4) is 5.75 Å². The van der Waals surface area contributed by atoms with Crippen molar-refractivity contribution in [3.63, 3.8) is 0 Å². The maximum absolute atomic E-state index is 12.0. The van der Waals surface area contributed by atoms with E-state index in [0.717, 1.165) is 30.8 Å². The number of ether oxygens (including phenoxy) is 1. The van der Waals surface area contributed by atoms with Gasteiger partial charge in [-0.3, -0.25) is 4.90 Å². The Morgan fingerprint density at radius 2 is 1.94 bits per heavy atom. The van der Waals surface area contributed by atoms with Gasteiger partial charge in [0.2, 0.25) is 0 Å². The van der Waals surface area contributed by atoms with Gasteiger partial charge in [0.05, 0.1) is 23.9 Å². The molecule has 7 heteroatoms. The van der Waals surface area contributed by atoms with Crippen LogP contribution in [0.3, 0.4) is 0 Å². The fourth-order valence-corrected chi connectivity index (χ4v) is 6.21. The summed E-state index contributed by atoms with van der Waals surface area (Å²) < 4.78 is 30.0.